The first kappa shape index (κ1) is 10.2. The largest absolute Gasteiger partial charge is 0.447 e. The molecule has 0 radical (unpaired) electrons. The molecule has 0 spiro atoms. The second kappa shape index (κ2) is 3.66. The molecule has 1 aromatic carbocycles. The maximum Gasteiger partial charge on any atom is 0.407 e. The van der Waals surface area contributed by atoms with E-state index in [-0.39, 0.29) is 17.2 Å². The highest BCUT2D eigenvalue weighted by Gasteiger charge is 2.29. The van der Waals surface area contributed by atoms with Gasteiger partial charge in [-0.15, -0.1) is 0 Å². The van der Waals surface area contributed by atoms with Gasteiger partial charge in [0.05, 0.1) is 11.1 Å². The highest BCUT2D eigenvalue weighted by atomic mass is 35.5. The Morgan fingerprint density at radius 3 is 2.67 bits per heavy atom. The van der Waals surface area contributed by atoms with Crippen molar-refractivity contribution >= 4 is 17.7 Å². The Morgan fingerprint density at radius 2 is 2.07 bits per heavy atom. The summed E-state index contributed by atoms with van der Waals surface area (Å²) in [5.74, 6) is -1.40. The third-order valence-electron chi connectivity index (χ3n) is 2.10. The van der Waals surface area contributed by atoms with E-state index < -0.39 is 23.8 Å². The van der Waals surface area contributed by atoms with Crippen molar-refractivity contribution in [3.63, 3.8) is 0 Å². The van der Waals surface area contributed by atoms with Gasteiger partial charge in [-0.05, 0) is 12.1 Å². The van der Waals surface area contributed by atoms with Crippen molar-refractivity contribution in [3.8, 4) is 0 Å². The topological polar surface area (TPSA) is 38.3 Å². The summed E-state index contributed by atoms with van der Waals surface area (Å²) >= 11 is 5.60. The summed E-state index contributed by atoms with van der Waals surface area (Å²) in [7, 11) is 0. The van der Waals surface area contributed by atoms with Gasteiger partial charge in [-0.2, -0.15) is 0 Å². The molecule has 15 heavy (non-hydrogen) atoms. The minimum Gasteiger partial charge on any atom is -0.447 e. The summed E-state index contributed by atoms with van der Waals surface area (Å²) in [6.07, 6.45) is -0.667. The third-order valence-corrected chi connectivity index (χ3v) is 2.49. The number of carbonyl (C=O) groups excluding carboxylic acids is 1. The van der Waals surface area contributed by atoms with E-state index in [1.807, 2.05) is 0 Å². The number of hydrogen-bond donors (Lipinski definition) is 1. The predicted molar refractivity (Wildman–Crippen MR) is 48.6 cm³/mol. The Balaban J connectivity index is 2.43. The Hall–Kier alpha value is -1.36. The molecule has 0 unspecified atom stereocenters. The van der Waals surface area contributed by atoms with Crippen LogP contribution >= 0.6 is 11.6 Å². The Kier molecular flexibility index (Phi) is 2.48. The zero-order valence-electron chi connectivity index (χ0n) is 7.39. The van der Waals surface area contributed by atoms with Gasteiger partial charge in [-0.25, -0.2) is 13.6 Å². The number of alkyl carbamates (subject to hydrolysis) is 1. The van der Waals surface area contributed by atoms with Crippen LogP contribution in [-0.4, -0.2) is 12.7 Å². The fraction of sp³-hybridized carbons (Fsp3) is 0.222. The van der Waals surface area contributed by atoms with Gasteiger partial charge in [0.2, 0.25) is 0 Å². The zero-order chi connectivity index (χ0) is 11.0. The van der Waals surface area contributed by atoms with E-state index in [1.54, 1.807) is 0 Å². The summed E-state index contributed by atoms with van der Waals surface area (Å²) in [4.78, 5) is 10.7. The predicted octanol–water partition coefficient (Wildman–Crippen LogP) is 2.40. The lowest BCUT2D eigenvalue weighted by molar-refractivity contribution is 0.176. The van der Waals surface area contributed by atoms with Crippen LogP contribution in [0.5, 0.6) is 0 Å². The summed E-state index contributed by atoms with van der Waals surface area (Å²) in [5.41, 5.74) is -0.0810. The molecule has 0 bridgehead atoms. The van der Waals surface area contributed by atoms with Crippen LogP contribution in [0.25, 0.3) is 0 Å². The summed E-state index contributed by atoms with van der Waals surface area (Å²) in [6.45, 7) is -0.0566. The van der Waals surface area contributed by atoms with Gasteiger partial charge in [0.25, 0.3) is 0 Å². The van der Waals surface area contributed by atoms with Gasteiger partial charge in [0, 0.05) is 5.56 Å². The molecular formula is C9H6ClF2NO2. The van der Waals surface area contributed by atoms with E-state index in [0.29, 0.717) is 0 Å². The lowest BCUT2D eigenvalue weighted by Crippen LogP contribution is -2.20. The highest BCUT2D eigenvalue weighted by Crippen LogP contribution is 2.30. The monoisotopic (exact) mass is 233 g/mol. The van der Waals surface area contributed by atoms with Crippen molar-refractivity contribution < 1.29 is 18.3 Å². The van der Waals surface area contributed by atoms with Gasteiger partial charge in [0.15, 0.2) is 0 Å². The van der Waals surface area contributed by atoms with Gasteiger partial charge >= 0.3 is 6.09 Å². The number of benzene rings is 1. The molecule has 0 aromatic heterocycles. The Bertz CT molecular complexity index is 425. The van der Waals surface area contributed by atoms with Gasteiger partial charge in [-0.3, -0.25) is 0 Å². The number of cyclic esters (lactones) is 1. The molecule has 1 saturated heterocycles. The summed E-state index contributed by atoms with van der Waals surface area (Å²) in [6, 6.07) is 1.15. The number of ether oxygens (including phenoxy) is 1. The number of nitrogens with one attached hydrogen (secondary N) is 1. The van der Waals surface area contributed by atoms with E-state index in [2.05, 4.69) is 10.1 Å². The first-order chi connectivity index (χ1) is 7.09. The molecule has 1 heterocycles. The van der Waals surface area contributed by atoms with Crippen LogP contribution in [0.4, 0.5) is 13.6 Å². The maximum absolute atomic E-state index is 13.4. The van der Waals surface area contributed by atoms with Crippen molar-refractivity contribution in [1.29, 1.82) is 0 Å². The molecule has 0 saturated carbocycles. The van der Waals surface area contributed by atoms with Crippen molar-refractivity contribution in [3.05, 3.63) is 34.4 Å². The standard InChI is InChI=1S/C9H6ClF2NO2/c10-8-5(12)2-1-4(11)7(8)6-3-15-9(14)13-6/h1-2,6H,3H2,(H,13,14)/t6-/m0/s1. The molecule has 1 aliphatic rings. The molecule has 2 rings (SSSR count). The number of amides is 1. The average molecular weight is 234 g/mol. The number of halogens is 3. The Morgan fingerprint density at radius 1 is 1.40 bits per heavy atom. The second-order valence-electron chi connectivity index (χ2n) is 3.05. The lowest BCUT2D eigenvalue weighted by atomic mass is 10.1. The van der Waals surface area contributed by atoms with Crippen LogP contribution in [0, 0.1) is 11.6 Å². The SMILES string of the molecule is O=C1N[C@H](c2c(F)ccc(F)c2Cl)CO1. The first-order valence-corrected chi connectivity index (χ1v) is 4.54. The molecule has 1 aromatic rings. The lowest BCUT2D eigenvalue weighted by Gasteiger charge is -2.11. The maximum atomic E-state index is 13.4. The van der Waals surface area contributed by atoms with E-state index >= 15 is 0 Å². The second-order valence-corrected chi connectivity index (χ2v) is 3.43. The highest BCUT2D eigenvalue weighted by molar-refractivity contribution is 6.31. The van der Waals surface area contributed by atoms with Crippen molar-refractivity contribution in [2.45, 2.75) is 6.04 Å². The van der Waals surface area contributed by atoms with Gasteiger partial charge < -0.3 is 10.1 Å². The molecule has 80 valence electrons. The first-order valence-electron chi connectivity index (χ1n) is 4.16. The molecule has 1 atom stereocenters. The molecular weight excluding hydrogens is 228 g/mol. The zero-order valence-corrected chi connectivity index (χ0v) is 8.15. The van der Waals surface area contributed by atoms with E-state index in [0.717, 1.165) is 12.1 Å². The van der Waals surface area contributed by atoms with Gasteiger partial charge in [-0.1, -0.05) is 11.6 Å². The number of rotatable bonds is 1. The van der Waals surface area contributed by atoms with Crippen LogP contribution in [0.1, 0.15) is 11.6 Å². The third kappa shape index (κ3) is 1.74. The van der Waals surface area contributed by atoms with Gasteiger partial charge in [0.1, 0.15) is 18.2 Å². The van der Waals surface area contributed by atoms with Crippen LogP contribution in [0.15, 0.2) is 12.1 Å². The molecule has 0 aliphatic carbocycles. The quantitative estimate of drug-likeness (QED) is 0.757. The molecule has 1 aliphatic heterocycles. The normalized spacial score (nSPS) is 19.9. The van der Waals surface area contributed by atoms with Crippen molar-refractivity contribution in [1.82, 2.24) is 5.32 Å². The van der Waals surface area contributed by atoms with Crippen LogP contribution in [0.3, 0.4) is 0 Å². The average Bonchev–Trinajstić information content (AvgIpc) is 2.59. The molecule has 1 amide bonds. The van der Waals surface area contributed by atoms with E-state index in [1.165, 1.54) is 0 Å². The smallest absolute Gasteiger partial charge is 0.407 e. The van der Waals surface area contributed by atoms with E-state index in [9.17, 15) is 13.6 Å². The molecule has 1 fully saturated rings. The van der Waals surface area contributed by atoms with Crippen LogP contribution in [0.2, 0.25) is 5.02 Å². The minimum atomic E-state index is -0.735. The molecule has 3 nitrogen and oxygen atoms in total. The molecule has 6 heteroatoms. The summed E-state index contributed by atoms with van der Waals surface area (Å²) < 4.78 is 31.0. The fourth-order valence-electron chi connectivity index (χ4n) is 1.40. The molecule has 1 N–H and O–H groups in total. The van der Waals surface area contributed by atoms with Crippen LogP contribution in [-0.2, 0) is 4.74 Å². The fourth-order valence-corrected chi connectivity index (χ4v) is 1.69. The summed E-state index contributed by atoms with van der Waals surface area (Å²) in [5, 5.41) is 2.00. The van der Waals surface area contributed by atoms with Crippen molar-refractivity contribution in [2.75, 3.05) is 6.61 Å². The van der Waals surface area contributed by atoms with Crippen LogP contribution < -0.4 is 5.32 Å². The number of hydrogen-bond acceptors (Lipinski definition) is 2. The Labute approximate surface area is 89.0 Å². The van der Waals surface area contributed by atoms with Crippen molar-refractivity contribution in [2.24, 2.45) is 0 Å². The minimum absolute atomic E-state index is 0.0566. The van der Waals surface area contributed by atoms with E-state index in [4.69, 9.17) is 11.6 Å². The number of carbonyl (C=O) groups is 1.